The second-order valence-corrected chi connectivity index (χ2v) is 4.56. The number of anilines is 1. The summed E-state index contributed by atoms with van der Waals surface area (Å²) >= 11 is 0. The molecule has 2 heterocycles. The Labute approximate surface area is 107 Å². The lowest BCUT2D eigenvalue weighted by molar-refractivity contribution is 0.0938. The number of rotatable bonds is 4. The molecule has 6 heteroatoms. The molecule has 1 aromatic rings. The molecule has 0 bridgehead atoms. The van der Waals surface area contributed by atoms with Crippen molar-refractivity contribution in [3.05, 3.63) is 24.0 Å². The van der Waals surface area contributed by atoms with Crippen molar-refractivity contribution in [3.63, 3.8) is 0 Å². The van der Waals surface area contributed by atoms with E-state index in [1.54, 1.807) is 12.1 Å². The van der Waals surface area contributed by atoms with Crippen LogP contribution in [0.5, 0.6) is 0 Å². The molecule has 18 heavy (non-hydrogen) atoms. The predicted molar refractivity (Wildman–Crippen MR) is 70.0 cm³/mol. The first kappa shape index (κ1) is 12.8. The van der Waals surface area contributed by atoms with E-state index in [1.807, 2.05) is 0 Å². The number of nitrogens with zero attached hydrogens (tertiary/aromatic N) is 2. The number of nitrogen functional groups attached to an aromatic ring is 1. The fourth-order valence-electron chi connectivity index (χ4n) is 2.15. The van der Waals surface area contributed by atoms with Crippen LogP contribution in [0, 0.1) is 0 Å². The third-order valence-corrected chi connectivity index (χ3v) is 3.33. The molecule has 0 radical (unpaired) electrons. The van der Waals surface area contributed by atoms with Crippen LogP contribution in [0.3, 0.4) is 0 Å². The standard InChI is InChI=1S/C12H19N5O/c1-17-6-2-3-10(17)8-15-12(18)11-5-4-9(16-13)7-14-11/h4-5,7,10,16H,2-3,6,8,13H2,1H3,(H,15,18). The number of hydrogen-bond acceptors (Lipinski definition) is 5. The zero-order chi connectivity index (χ0) is 13.0. The third-order valence-electron chi connectivity index (χ3n) is 3.33. The van der Waals surface area contributed by atoms with Crippen molar-refractivity contribution in [1.82, 2.24) is 15.2 Å². The molecule has 4 N–H and O–H groups in total. The second-order valence-electron chi connectivity index (χ2n) is 4.56. The fraction of sp³-hybridized carbons (Fsp3) is 0.500. The molecule has 1 unspecified atom stereocenters. The summed E-state index contributed by atoms with van der Waals surface area (Å²) in [5.74, 6) is 5.10. The van der Waals surface area contributed by atoms with Gasteiger partial charge in [0, 0.05) is 12.6 Å². The van der Waals surface area contributed by atoms with Crippen LogP contribution in [-0.2, 0) is 0 Å². The van der Waals surface area contributed by atoms with Gasteiger partial charge in [-0.15, -0.1) is 0 Å². The maximum absolute atomic E-state index is 11.9. The van der Waals surface area contributed by atoms with Crippen LogP contribution >= 0.6 is 0 Å². The summed E-state index contributed by atoms with van der Waals surface area (Å²) in [5, 5.41) is 2.91. The first-order chi connectivity index (χ1) is 8.70. The van der Waals surface area contributed by atoms with Crippen molar-refractivity contribution in [2.75, 3.05) is 25.6 Å². The van der Waals surface area contributed by atoms with Gasteiger partial charge in [0.05, 0.1) is 11.9 Å². The van der Waals surface area contributed by atoms with Gasteiger partial charge in [0.15, 0.2) is 0 Å². The number of hydrogen-bond donors (Lipinski definition) is 3. The summed E-state index contributed by atoms with van der Waals surface area (Å²) in [4.78, 5) is 18.2. The molecule has 1 fully saturated rings. The van der Waals surface area contributed by atoms with Gasteiger partial charge in [0.2, 0.25) is 0 Å². The van der Waals surface area contributed by atoms with Gasteiger partial charge in [-0.2, -0.15) is 0 Å². The topological polar surface area (TPSA) is 83.3 Å². The molecule has 2 rings (SSSR count). The second kappa shape index (κ2) is 5.79. The number of pyridine rings is 1. The molecule has 0 saturated carbocycles. The monoisotopic (exact) mass is 249 g/mol. The molecule has 1 aromatic heterocycles. The number of nitrogens with two attached hydrogens (primary N) is 1. The zero-order valence-electron chi connectivity index (χ0n) is 10.5. The molecule has 6 nitrogen and oxygen atoms in total. The van der Waals surface area contributed by atoms with E-state index in [0.29, 0.717) is 24.0 Å². The van der Waals surface area contributed by atoms with Gasteiger partial charge in [-0.1, -0.05) is 0 Å². The molecule has 0 aliphatic carbocycles. The van der Waals surface area contributed by atoms with Crippen LogP contribution in [0.2, 0.25) is 0 Å². The molecule has 0 spiro atoms. The van der Waals surface area contributed by atoms with Gasteiger partial charge in [0.25, 0.3) is 5.91 Å². The van der Waals surface area contributed by atoms with Crippen molar-refractivity contribution in [2.45, 2.75) is 18.9 Å². The first-order valence-corrected chi connectivity index (χ1v) is 6.12. The molecule has 0 aromatic carbocycles. The van der Waals surface area contributed by atoms with E-state index in [1.165, 1.54) is 12.6 Å². The molecule has 1 saturated heterocycles. The number of carbonyl (C=O) groups is 1. The number of nitrogens with one attached hydrogen (secondary N) is 2. The summed E-state index contributed by atoms with van der Waals surface area (Å²) < 4.78 is 0. The summed E-state index contributed by atoms with van der Waals surface area (Å²) in [6.45, 7) is 1.78. The lowest BCUT2D eigenvalue weighted by atomic mass is 10.2. The Hall–Kier alpha value is -1.66. The number of aromatic nitrogens is 1. The van der Waals surface area contributed by atoms with Crippen LogP contribution in [0.1, 0.15) is 23.3 Å². The number of likely N-dealkylation sites (N-methyl/N-ethyl adjacent to an activating group) is 1. The largest absolute Gasteiger partial charge is 0.349 e. The van der Waals surface area contributed by atoms with Crippen molar-refractivity contribution < 1.29 is 4.79 Å². The average molecular weight is 249 g/mol. The highest BCUT2D eigenvalue weighted by Crippen LogP contribution is 2.13. The summed E-state index contributed by atoms with van der Waals surface area (Å²) in [6.07, 6.45) is 3.88. The van der Waals surface area contributed by atoms with E-state index in [4.69, 9.17) is 5.84 Å². The molecule has 1 atom stereocenters. The minimum atomic E-state index is -0.140. The Balaban J connectivity index is 1.87. The van der Waals surface area contributed by atoms with E-state index in [9.17, 15) is 4.79 Å². The normalized spacial score (nSPS) is 19.8. The van der Waals surface area contributed by atoms with E-state index in [-0.39, 0.29) is 5.91 Å². The van der Waals surface area contributed by atoms with Crippen molar-refractivity contribution in [3.8, 4) is 0 Å². The highest BCUT2D eigenvalue weighted by molar-refractivity contribution is 5.92. The van der Waals surface area contributed by atoms with Crippen molar-refractivity contribution in [1.29, 1.82) is 0 Å². The summed E-state index contributed by atoms with van der Waals surface area (Å²) in [6, 6.07) is 3.82. The molecular weight excluding hydrogens is 230 g/mol. The van der Waals surface area contributed by atoms with Gasteiger partial charge in [-0.05, 0) is 38.6 Å². The summed E-state index contributed by atoms with van der Waals surface area (Å²) in [5.41, 5.74) is 3.57. The van der Waals surface area contributed by atoms with Crippen molar-refractivity contribution in [2.24, 2.45) is 5.84 Å². The summed E-state index contributed by atoms with van der Waals surface area (Å²) in [7, 11) is 2.09. The lowest BCUT2D eigenvalue weighted by Gasteiger charge is -2.19. The molecule has 1 aliphatic heterocycles. The lowest BCUT2D eigenvalue weighted by Crippen LogP contribution is -2.38. The minimum absolute atomic E-state index is 0.140. The number of hydrazine groups is 1. The van der Waals surface area contributed by atoms with Crippen LogP contribution < -0.4 is 16.6 Å². The Kier molecular flexibility index (Phi) is 4.11. The highest BCUT2D eigenvalue weighted by Gasteiger charge is 2.21. The van der Waals surface area contributed by atoms with Crippen LogP contribution in [0.4, 0.5) is 5.69 Å². The number of amides is 1. The van der Waals surface area contributed by atoms with E-state index in [2.05, 4.69) is 27.7 Å². The van der Waals surface area contributed by atoms with Crippen LogP contribution in [0.15, 0.2) is 18.3 Å². The van der Waals surface area contributed by atoms with Gasteiger partial charge < -0.3 is 15.6 Å². The van der Waals surface area contributed by atoms with Crippen molar-refractivity contribution >= 4 is 11.6 Å². The molecule has 98 valence electrons. The fourth-order valence-corrected chi connectivity index (χ4v) is 2.15. The zero-order valence-corrected chi connectivity index (χ0v) is 10.5. The number of carbonyl (C=O) groups excluding carboxylic acids is 1. The predicted octanol–water partition coefficient (Wildman–Crippen LogP) is 0.191. The maximum Gasteiger partial charge on any atom is 0.269 e. The Morgan fingerprint density at radius 3 is 3.00 bits per heavy atom. The molecule has 1 amide bonds. The molecular formula is C12H19N5O. The minimum Gasteiger partial charge on any atom is -0.349 e. The van der Waals surface area contributed by atoms with E-state index in [0.717, 1.165) is 13.0 Å². The van der Waals surface area contributed by atoms with Gasteiger partial charge >= 0.3 is 0 Å². The van der Waals surface area contributed by atoms with Crippen LogP contribution in [0.25, 0.3) is 0 Å². The third kappa shape index (κ3) is 2.96. The number of likely N-dealkylation sites (tertiary alicyclic amines) is 1. The Bertz CT molecular complexity index is 405. The maximum atomic E-state index is 11.9. The van der Waals surface area contributed by atoms with Gasteiger partial charge in [-0.25, -0.2) is 4.98 Å². The Morgan fingerprint density at radius 1 is 1.61 bits per heavy atom. The van der Waals surface area contributed by atoms with E-state index >= 15 is 0 Å². The van der Waals surface area contributed by atoms with Gasteiger partial charge in [-0.3, -0.25) is 10.6 Å². The van der Waals surface area contributed by atoms with Crippen LogP contribution in [-0.4, -0.2) is 42.0 Å². The first-order valence-electron chi connectivity index (χ1n) is 6.12. The van der Waals surface area contributed by atoms with Gasteiger partial charge in [0.1, 0.15) is 5.69 Å². The quantitative estimate of drug-likeness (QED) is 0.524. The molecule has 1 aliphatic rings. The smallest absolute Gasteiger partial charge is 0.269 e. The highest BCUT2D eigenvalue weighted by atomic mass is 16.1. The SMILES string of the molecule is CN1CCCC1CNC(=O)c1ccc(NN)cn1. The average Bonchev–Trinajstić information content (AvgIpc) is 2.81. The Morgan fingerprint density at radius 2 is 2.44 bits per heavy atom. The van der Waals surface area contributed by atoms with E-state index < -0.39 is 0 Å².